The van der Waals surface area contributed by atoms with Crippen LogP contribution in [0.25, 0.3) is 0 Å². The highest BCUT2D eigenvalue weighted by atomic mass is 35.5. The van der Waals surface area contributed by atoms with Gasteiger partial charge in [-0.25, -0.2) is 4.98 Å². The molecule has 0 atom stereocenters. The van der Waals surface area contributed by atoms with E-state index in [1.165, 1.54) is 12.8 Å². The third kappa shape index (κ3) is 3.35. The molecule has 1 aliphatic rings. The van der Waals surface area contributed by atoms with E-state index in [9.17, 15) is 0 Å². The highest BCUT2D eigenvalue weighted by Gasteiger charge is 2.21. The van der Waals surface area contributed by atoms with E-state index in [0.717, 1.165) is 35.9 Å². The van der Waals surface area contributed by atoms with Crippen molar-refractivity contribution in [3.8, 4) is 0 Å². The largest absolute Gasteiger partial charge is 0.367 e. The van der Waals surface area contributed by atoms with Crippen LogP contribution in [0.1, 0.15) is 31.7 Å². The molecular weight excluding hydrogens is 222 g/mol. The number of pyridine rings is 1. The van der Waals surface area contributed by atoms with E-state index in [1.54, 1.807) is 6.20 Å². The molecule has 0 amide bonds. The molecule has 4 heteroatoms. The van der Waals surface area contributed by atoms with Crippen LogP contribution in [0.15, 0.2) is 12.3 Å². The summed E-state index contributed by atoms with van der Waals surface area (Å²) in [6.07, 6.45) is 5.38. The van der Waals surface area contributed by atoms with Crippen LogP contribution in [0.4, 0.5) is 5.82 Å². The van der Waals surface area contributed by atoms with Crippen molar-refractivity contribution >= 4 is 17.4 Å². The topological polar surface area (TPSA) is 37.0 Å². The second-order valence-corrected chi connectivity index (χ2v) is 4.66. The molecule has 0 spiro atoms. The van der Waals surface area contributed by atoms with Crippen LogP contribution >= 0.6 is 11.6 Å². The molecule has 1 fully saturated rings. The number of nitrogens with zero attached hydrogens (tertiary/aromatic N) is 1. The van der Waals surface area contributed by atoms with Gasteiger partial charge in [-0.3, -0.25) is 0 Å². The van der Waals surface area contributed by atoms with Crippen molar-refractivity contribution in [2.75, 3.05) is 11.9 Å². The molecule has 0 radical (unpaired) electrons. The van der Waals surface area contributed by atoms with Crippen molar-refractivity contribution in [1.29, 1.82) is 0 Å². The minimum atomic E-state index is 0.630. The van der Waals surface area contributed by atoms with E-state index in [0.29, 0.717) is 6.04 Å². The summed E-state index contributed by atoms with van der Waals surface area (Å²) in [6.45, 7) is 3.99. The standard InChI is InChI=1S/C12H18ClN3/c1-2-5-14-7-9-6-12(15-8-11(9)13)16-10-3-4-10/h6,8,10,14H,2-5,7H2,1H3,(H,15,16). The van der Waals surface area contributed by atoms with E-state index in [-0.39, 0.29) is 0 Å². The maximum absolute atomic E-state index is 6.10. The molecule has 3 nitrogen and oxygen atoms in total. The molecular formula is C12H18ClN3. The molecule has 0 aromatic carbocycles. The van der Waals surface area contributed by atoms with Gasteiger partial charge in [0.15, 0.2) is 0 Å². The number of anilines is 1. The highest BCUT2D eigenvalue weighted by molar-refractivity contribution is 6.31. The van der Waals surface area contributed by atoms with Crippen molar-refractivity contribution in [1.82, 2.24) is 10.3 Å². The zero-order chi connectivity index (χ0) is 11.4. The first kappa shape index (κ1) is 11.7. The van der Waals surface area contributed by atoms with Crippen molar-refractivity contribution in [2.45, 2.75) is 38.8 Å². The van der Waals surface area contributed by atoms with Crippen molar-refractivity contribution < 1.29 is 0 Å². The minimum absolute atomic E-state index is 0.630. The zero-order valence-electron chi connectivity index (χ0n) is 9.59. The number of hydrogen-bond donors (Lipinski definition) is 2. The summed E-state index contributed by atoms with van der Waals surface area (Å²) in [5, 5.41) is 7.47. The summed E-state index contributed by atoms with van der Waals surface area (Å²) in [5.41, 5.74) is 1.12. The van der Waals surface area contributed by atoms with Gasteiger partial charge in [-0.2, -0.15) is 0 Å². The predicted molar refractivity (Wildman–Crippen MR) is 67.9 cm³/mol. The summed E-state index contributed by atoms with van der Waals surface area (Å²) in [4.78, 5) is 4.28. The number of rotatable bonds is 6. The summed E-state index contributed by atoms with van der Waals surface area (Å²) in [7, 11) is 0. The molecule has 0 unspecified atom stereocenters. The van der Waals surface area contributed by atoms with Gasteiger partial charge in [0.2, 0.25) is 0 Å². The number of aromatic nitrogens is 1. The van der Waals surface area contributed by atoms with E-state index in [1.807, 2.05) is 6.07 Å². The Hall–Kier alpha value is -0.800. The molecule has 0 aliphatic heterocycles. The Kier molecular flexibility index (Phi) is 4.02. The van der Waals surface area contributed by atoms with Gasteiger partial charge in [0.1, 0.15) is 5.82 Å². The molecule has 0 bridgehead atoms. The quantitative estimate of drug-likeness (QED) is 0.750. The van der Waals surface area contributed by atoms with E-state index in [4.69, 9.17) is 11.6 Å². The normalized spacial score (nSPS) is 15.1. The molecule has 0 saturated heterocycles. The smallest absolute Gasteiger partial charge is 0.126 e. The van der Waals surface area contributed by atoms with Crippen LogP contribution in [0.2, 0.25) is 5.02 Å². The van der Waals surface area contributed by atoms with Gasteiger partial charge in [0.25, 0.3) is 0 Å². The average Bonchev–Trinajstić information content (AvgIpc) is 3.07. The number of halogens is 1. The molecule has 1 aromatic heterocycles. The Balaban J connectivity index is 1.97. The Labute approximate surface area is 102 Å². The predicted octanol–water partition coefficient (Wildman–Crippen LogP) is 2.81. The molecule has 16 heavy (non-hydrogen) atoms. The highest BCUT2D eigenvalue weighted by Crippen LogP contribution is 2.25. The fourth-order valence-corrected chi connectivity index (χ4v) is 1.70. The second kappa shape index (κ2) is 5.51. The van der Waals surface area contributed by atoms with Gasteiger partial charge >= 0.3 is 0 Å². The third-order valence-electron chi connectivity index (χ3n) is 2.61. The average molecular weight is 240 g/mol. The summed E-state index contributed by atoms with van der Waals surface area (Å²) in [6, 6.07) is 2.67. The SMILES string of the molecule is CCCNCc1cc(NC2CC2)ncc1Cl. The lowest BCUT2D eigenvalue weighted by Gasteiger charge is -2.09. The zero-order valence-corrected chi connectivity index (χ0v) is 10.3. The van der Waals surface area contributed by atoms with E-state index < -0.39 is 0 Å². The van der Waals surface area contributed by atoms with Crippen LogP contribution in [0.5, 0.6) is 0 Å². The maximum Gasteiger partial charge on any atom is 0.126 e. The first-order valence-corrected chi connectivity index (χ1v) is 6.29. The van der Waals surface area contributed by atoms with Gasteiger partial charge in [-0.15, -0.1) is 0 Å². The second-order valence-electron chi connectivity index (χ2n) is 4.26. The Morgan fingerprint density at radius 1 is 1.50 bits per heavy atom. The van der Waals surface area contributed by atoms with E-state index in [2.05, 4.69) is 22.5 Å². The van der Waals surface area contributed by atoms with Crippen molar-refractivity contribution in [3.05, 3.63) is 22.8 Å². The summed E-state index contributed by atoms with van der Waals surface area (Å²) in [5.74, 6) is 0.945. The molecule has 2 rings (SSSR count). The van der Waals surface area contributed by atoms with E-state index >= 15 is 0 Å². The molecule has 1 aromatic rings. The van der Waals surface area contributed by atoms with Crippen LogP contribution in [-0.2, 0) is 6.54 Å². The van der Waals surface area contributed by atoms with Gasteiger partial charge in [-0.1, -0.05) is 18.5 Å². The number of hydrogen-bond acceptors (Lipinski definition) is 3. The lowest BCUT2D eigenvalue weighted by atomic mass is 10.2. The molecule has 88 valence electrons. The summed E-state index contributed by atoms with van der Waals surface area (Å²) < 4.78 is 0. The molecule has 1 heterocycles. The van der Waals surface area contributed by atoms with Crippen LogP contribution in [-0.4, -0.2) is 17.6 Å². The van der Waals surface area contributed by atoms with Crippen LogP contribution < -0.4 is 10.6 Å². The lowest BCUT2D eigenvalue weighted by Crippen LogP contribution is -2.14. The molecule has 2 N–H and O–H groups in total. The van der Waals surface area contributed by atoms with Gasteiger partial charge in [0, 0.05) is 18.8 Å². The number of nitrogens with one attached hydrogen (secondary N) is 2. The fourth-order valence-electron chi connectivity index (χ4n) is 1.53. The lowest BCUT2D eigenvalue weighted by molar-refractivity contribution is 0.675. The maximum atomic E-state index is 6.10. The molecule has 1 aliphatic carbocycles. The first-order valence-electron chi connectivity index (χ1n) is 5.91. The van der Waals surface area contributed by atoms with Gasteiger partial charge in [0.05, 0.1) is 5.02 Å². The Bertz CT molecular complexity index is 350. The molecule has 1 saturated carbocycles. The first-order chi connectivity index (χ1) is 7.79. The Morgan fingerprint density at radius 2 is 2.31 bits per heavy atom. The third-order valence-corrected chi connectivity index (χ3v) is 2.95. The van der Waals surface area contributed by atoms with Crippen molar-refractivity contribution in [2.24, 2.45) is 0 Å². The monoisotopic (exact) mass is 239 g/mol. The van der Waals surface area contributed by atoms with Crippen molar-refractivity contribution in [3.63, 3.8) is 0 Å². The van der Waals surface area contributed by atoms with Crippen LogP contribution in [0, 0.1) is 0 Å². The summed E-state index contributed by atoms with van der Waals surface area (Å²) >= 11 is 6.10. The minimum Gasteiger partial charge on any atom is -0.367 e. The van der Waals surface area contributed by atoms with Crippen LogP contribution in [0.3, 0.4) is 0 Å². The fraction of sp³-hybridized carbons (Fsp3) is 0.583. The van der Waals surface area contributed by atoms with Gasteiger partial charge in [-0.05, 0) is 37.4 Å². The Morgan fingerprint density at radius 3 is 3.00 bits per heavy atom. The van der Waals surface area contributed by atoms with Gasteiger partial charge < -0.3 is 10.6 Å².